The number of hydrogen-bond donors (Lipinski definition) is 2. The maximum Gasteiger partial charge on any atom is 0.0501 e. The largest absolute Gasteiger partial charge is 0.271 e. The van der Waals surface area contributed by atoms with Gasteiger partial charge in [-0.15, -0.1) is 11.3 Å². The van der Waals surface area contributed by atoms with Crippen molar-refractivity contribution in [3.05, 3.63) is 68.5 Å². The highest BCUT2D eigenvalue weighted by atomic mass is 79.9. The number of halogens is 2. The second-order valence-electron chi connectivity index (χ2n) is 4.88. The Morgan fingerprint density at radius 2 is 2.05 bits per heavy atom. The second-order valence-corrected chi connectivity index (χ2v) is 7.15. The van der Waals surface area contributed by atoms with Crippen molar-refractivity contribution in [1.82, 2.24) is 5.43 Å². The summed E-state index contributed by atoms with van der Waals surface area (Å²) < 4.78 is 2.26. The third kappa shape index (κ3) is 3.30. The fourth-order valence-corrected chi connectivity index (χ4v) is 4.32. The molecule has 3 rings (SSSR count). The topological polar surface area (TPSA) is 38.0 Å². The third-order valence-corrected chi connectivity index (χ3v) is 5.16. The number of rotatable bonds is 4. The molecule has 5 heteroatoms. The summed E-state index contributed by atoms with van der Waals surface area (Å²) in [4.78, 5) is 0. The van der Waals surface area contributed by atoms with Crippen molar-refractivity contribution in [2.24, 2.45) is 5.84 Å². The molecule has 1 aromatic heterocycles. The van der Waals surface area contributed by atoms with Crippen LogP contribution in [0.5, 0.6) is 0 Å². The average molecular weight is 382 g/mol. The molecule has 0 aliphatic rings. The Morgan fingerprint density at radius 1 is 1.24 bits per heavy atom. The minimum Gasteiger partial charge on any atom is -0.271 e. The molecule has 0 saturated carbocycles. The summed E-state index contributed by atoms with van der Waals surface area (Å²) in [6, 6.07) is 14.3. The monoisotopic (exact) mass is 380 g/mol. The van der Waals surface area contributed by atoms with E-state index in [1.165, 1.54) is 15.6 Å². The molecule has 0 saturated heterocycles. The lowest BCUT2D eigenvalue weighted by Gasteiger charge is -2.17. The summed E-state index contributed by atoms with van der Waals surface area (Å²) in [7, 11) is 0. The summed E-state index contributed by atoms with van der Waals surface area (Å²) in [6.07, 6.45) is 0.827. The molecule has 0 aliphatic heterocycles. The van der Waals surface area contributed by atoms with Gasteiger partial charge in [0.05, 0.1) is 6.04 Å². The molecule has 0 fully saturated rings. The molecule has 108 valence electrons. The van der Waals surface area contributed by atoms with E-state index in [2.05, 4.69) is 51.0 Å². The SMILES string of the molecule is NNC(Cc1csc2ccccc12)c1cc(Cl)cc(Br)c1. The lowest BCUT2D eigenvalue weighted by atomic mass is 9.99. The molecule has 1 atom stereocenters. The van der Waals surface area contributed by atoms with Gasteiger partial charge in [0.15, 0.2) is 0 Å². The smallest absolute Gasteiger partial charge is 0.0501 e. The zero-order chi connectivity index (χ0) is 14.8. The van der Waals surface area contributed by atoms with E-state index in [9.17, 15) is 0 Å². The molecule has 2 aromatic carbocycles. The van der Waals surface area contributed by atoms with Gasteiger partial charge >= 0.3 is 0 Å². The van der Waals surface area contributed by atoms with Crippen LogP contribution in [0.4, 0.5) is 0 Å². The van der Waals surface area contributed by atoms with Gasteiger partial charge in [-0.25, -0.2) is 0 Å². The standard InChI is InChI=1S/C16H14BrClN2S/c17-12-5-10(6-13(18)8-12)15(20-19)7-11-9-21-16-4-2-1-3-14(11)16/h1-6,8-9,15,20H,7,19H2. The number of fused-ring (bicyclic) bond motifs is 1. The number of hydrazine groups is 1. The van der Waals surface area contributed by atoms with Crippen LogP contribution in [0.3, 0.4) is 0 Å². The fraction of sp³-hybridized carbons (Fsp3) is 0.125. The first kappa shape index (κ1) is 15.0. The van der Waals surface area contributed by atoms with Crippen LogP contribution >= 0.6 is 38.9 Å². The molecule has 1 unspecified atom stereocenters. The van der Waals surface area contributed by atoms with Crippen LogP contribution in [0, 0.1) is 0 Å². The quantitative estimate of drug-likeness (QED) is 0.489. The van der Waals surface area contributed by atoms with Crippen LogP contribution in [-0.4, -0.2) is 0 Å². The van der Waals surface area contributed by atoms with Crippen LogP contribution in [0.2, 0.25) is 5.02 Å². The average Bonchev–Trinajstić information content (AvgIpc) is 2.87. The van der Waals surface area contributed by atoms with E-state index < -0.39 is 0 Å². The zero-order valence-electron chi connectivity index (χ0n) is 11.1. The maximum absolute atomic E-state index is 6.13. The van der Waals surface area contributed by atoms with E-state index in [-0.39, 0.29) is 6.04 Å². The highest BCUT2D eigenvalue weighted by molar-refractivity contribution is 9.10. The highest BCUT2D eigenvalue weighted by Crippen LogP contribution is 2.31. The normalized spacial score (nSPS) is 12.7. The minimum absolute atomic E-state index is 0.0259. The first-order chi connectivity index (χ1) is 10.2. The van der Waals surface area contributed by atoms with E-state index in [0.29, 0.717) is 5.02 Å². The van der Waals surface area contributed by atoms with Gasteiger partial charge in [0.1, 0.15) is 0 Å². The molecular weight excluding hydrogens is 368 g/mol. The summed E-state index contributed by atoms with van der Waals surface area (Å²) in [6.45, 7) is 0. The third-order valence-electron chi connectivity index (χ3n) is 3.47. The number of nitrogens with two attached hydrogens (primary N) is 1. The van der Waals surface area contributed by atoms with Crippen LogP contribution in [0.1, 0.15) is 17.2 Å². The molecule has 1 heterocycles. The Labute approximate surface area is 141 Å². The Kier molecular flexibility index (Phi) is 4.62. The Balaban J connectivity index is 1.94. The van der Waals surface area contributed by atoms with Crippen molar-refractivity contribution in [3.8, 4) is 0 Å². The molecule has 0 radical (unpaired) electrons. The van der Waals surface area contributed by atoms with Gasteiger partial charge < -0.3 is 0 Å². The molecule has 3 N–H and O–H groups in total. The molecule has 0 amide bonds. The minimum atomic E-state index is 0.0259. The van der Waals surface area contributed by atoms with Crippen LogP contribution < -0.4 is 11.3 Å². The Bertz CT molecular complexity index is 752. The van der Waals surface area contributed by atoms with Gasteiger partial charge in [-0.1, -0.05) is 45.7 Å². The van der Waals surface area contributed by atoms with Crippen molar-refractivity contribution in [2.75, 3.05) is 0 Å². The van der Waals surface area contributed by atoms with Crippen molar-refractivity contribution < 1.29 is 0 Å². The number of thiophene rings is 1. The Morgan fingerprint density at radius 3 is 2.81 bits per heavy atom. The fourth-order valence-electron chi connectivity index (χ4n) is 2.46. The summed E-state index contributed by atoms with van der Waals surface area (Å²) in [5.74, 6) is 5.76. The highest BCUT2D eigenvalue weighted by Gasteiger charge is 2.14. The molecule has 2 nitrogen and oxygen atoms in total. The van der Waals surface area contributed by atoms with Crippen molar-refractivity contribution >= 4 is 49.0 Å². The first-order valence-corrected chi connectivity index (χ1v) is 8.59. The van der Waals surface area contributed by atoms with E-state index in [1.54, 1.807) is 11.3 Å². The van der Waals surface area contributed by atoms with Crippen molar-refractivity contribution in [3.63, 3.8) is 0 Å². The summed E-state index contributed by atoms with van der Waals surface area (Å²) >= 11 is 11.4. The summed E-state index contributed by atoms with van der Waals surface area (Å²) in [5.41, 5.74) is 5.28. The predicted molar refractivity (Wildman–Crippen MR) is 94.7 cm³/mol. The lowest BCUT2D eigenvalue weighted by Crippen LogP contribution is -2.29. The van der Waals surface area contributed by atoms with E-state index in [4.69, 9.17) is 17.4 Å². The van der Waals surface area contributed by atoms with Gasteiger partial charge in [0, 0.05) is 14.2 Å². The van der Waals surface area contributed by atoms with Gasteiger partial charge in [-0.3, -0.25) is 11.3 Å². The second kappa shape index (κ2) is 6.46. The van der Waals surface area contributed by atoms with E-state index in [1.807, 2.05) is 18.2 Å². The van der Waals surface area contributed by atoms with E-state index >= 15 is 0 Å². The van der Waals surface area contributed by atoms with Gasteiger partial charge in [0.25, 0.3) is 0 Å². The zero-order valence-corrected chi connectivity index (χ0v) is 14.3. The molecule has 21 heavy (non-hydrogen) atoms. The molecule has 3 aromatic rings. The maximum atomic E-state index is 6.13. The molecular formula is C16H14BrClN2S. The molecule has 0 aliphatic carbocycles. The Hall–Kier alpha value is -0.910. The first-order valence-electron chi connectivity index (χ1n) is 6.54. The van der Waals surface area contributed by atoms with Crippen LogP contribution in [0.25, 0.3) is 10.1 Å². The van der Waals surface area contributed by atoms with Crippen LogP contribution in [0.15, 0.2) is 52.3 Å². The molecule has 0 spiro atoms. The number of hydrogen-bond acceptors (Lipinski definition) is 3. The van der Waals surface area contributed by atoms with Gasteiger partial charge in [-0.2, -0.15) is 0 Å². The predicted octanol–water partition coefficient (Wildman–Crippen LogP) is 5.06. The number of benzene rings is 2. The number of nitrogens with one attached hydrogen (secondary N) is 1. The lowest BCUT2D eigenvalue weighted by molar-refractivity contribution is 0.554. The van der Waals surface area contributed by atoms with Crippen molar-refractivity contribution in [1.29, 1.82) is 0 Å². The summed E-state index contributed by atoms with van der Waals surface area (Å²) in [5, 5.41) is 4.20. The van der Waals surface area contributed by atoms with Crippen LogP contribution in [-0.2, 0) is 6.42 Å². The van der Waals surface area contributed by atoms with Gasteiger partial charge in [0.2, 0.25) is 0 Å². The van der Waals surface area contributed by atoms with E-state index in [0.717, 1.165) is 16.5 Å². The molecule has 0 bridgehead atoms. The van der Waals surface area contributed by atoms with Gasteiger partial charge in [-0.05, 0) is 52.6 Å². The van der Waals surface area contributed by atoms with Crippen molar-refractivity contribution in [2.45, 2.75) is 12.5 Å².